The highest BCUT2D eigenvalue weighted by Gasteiger charge is 2.16. The number of hydrogen-bond acceptors (Lipinski definition) is 2. The average Bonchev–Trinajstić information content (AvgIpc) is 2.56. The van der Waals surface area contributed by atoms with Gasteiger partial charge in [0.2, 0.25) is 0 Å². The van der Waals surface area contributed by atoms with Crippen molar-refractivity contribution >= 4 is 5.91 Å². The number of rotatable bonds is 3. The van der Waals surface area contributed by atoms with E-state index in [1.807, 2.05) is 62.4 Å². The standard InChI is InChI=1S/C16H15NO2.C2H6/c18-16-15-7-6-14(10-13(15)8-9-17-16)19-11-12-4-2-1-3-5-12;1-2/h1-7,10H,8-9,11H2,(H,17,18);1-2H3. The molecule has 0 bridgehead atoms. The Balaban J connectivity index is 0.000000774. The number of ether oxygens (including phenoxy) is 1. The van der Waals surface area contributed by atoms with Crippen molar-refractivity contribution in [1.29, 1.82) is 0 Å². The van der Waals surface area contributed by atoms with Crippen LogP contribution in [-0.4, -0.2) is 12.5 Å². The fourth-order valence-electron chi connectivity index (χ4n) is 2.24. The summed E-state index contributed by atoms with van der Waals surface area (Å²) in [4.78, 5) is 11.6. The lowest BCUT2D eigenvalue weighted by Gasteiger charge is -2.17. The molecule has 1 amide bonds. The SMILES string of the molecule is CC.O=C1NCCc2cc(OCc3ccccc3)ccc21. The fraction of sp³-hybridized carbons (Fsp3) is 0.278. The van der Waals surface area contributed by atoms with Crippen molar-refractivity contribution in [2.24, 2.45) is 0 Å². The number of fused-ring (bicyclic) bond motifs is 1. The third-order valence-corrected chi connectivity index (χ3v) is 3.25. The van der Waals surface area contributed by atoms with Crippen LogP contribution in [0.5, 0.6) is 5.75 Å². The molecule has 0 fully saturated rings. The van der Waals surface area contributed by atoms with Gasteiger partial charge in [0, 0.05) is 12.1 Å². The first-order valence-corrected chi connectivity index (χ1v) is 7.41. The summed E-state index contributed by atoms with van der Waals surface area (Å²) in [6.07, 6.45) is 0.865. The van der Waals surface area contributed by atoms with Gasteiger partial charge >= 0.3 is 0 Å². The first-order chi connectivity index (χ1) is 10.3. The topological polar surface area (TPSA) is 38.3 Å². The second-order valence-corrected chi connectivity index (χ2v) is 4.60. The number of nitrogens with one attached hydrogen (secondary N) is 1. The number of benzene rings is 2. The lowest BCUT2D eigenvalue weighted by atomic mass is 10.0. The van der Waals surface area contributed by atoms with E-state index in [1.54, 1.807) is 0 Å². The van der Waals surface area contributed by atoms with Crippen LogP contribution in [0.2, 0.25) is 0 Å². The van der Waals surface area contributed by atoms with Gasteiger partial charge in [-0.15, -0.1) is 0 Å². The molecule has 1 heterocycles. The maximum atomic E-state index is 11.6. The van der Waals surface area contributed by atoms with Crippen molar-refractivity contribution < 1.29 is 9.53 Å². The van der Waals surface area contributed by atoms with Gasteiger partial charge in [-0.1, -0.05) is 44.2 Å². The molecule has 0 saturated carbocycles. The minimum atomic E-state index is 0.0101. The summed E-state index contributed by atoms with van der Waals surface area (Å²) in [6, 6.07) is 15.7. The largest absolute Gasteiger partial charge is 0.489 e. The molecule has 110 valence electrons. The first kappa shape index (κ1) is 15.1. The monoisotopic (exact) mass is 283 g/mol. The minimum absolute atomic E-state index is 0.0101. The summed E-state index contributed by atoms with van der Waals surface area (Å²) in [5, 5.41) is 2.84. The predicted octanol–water partition coefficient (Wildman–Crippen LogP) is 3.58. The molecular weight excluding hydrogens is 262 g/mol. The Morgan fingerprint density at radius 2 is 1.86 bits per heavy atom. The van der Waals surface area contributed by atoms with Gasteiger partial charge in [0.15, 0.2) is 0 Å². The van der Waals surface area contributed by atoms with Gasteiger partial charge in [-0.25, -0.2) is 0 Å². The molecule has 2 aromatic rings. The third-order valence-electron chi connectivity index (χ3n) is 3.25. The van der Waals surface area contributed by atoms with Gasteiger partial charge in [-0.05, 0) is 35.7 Å². The van der Waals surface area contributed by atoms with Crippen LogP contribution in [0.25, 0.3) is 0 Å². The summed E-state index contributed by atoms with van der Waals surface area (Å²) in [5.74, 6) is 0.827. The van der Waals surface area contributed by atoms with E-state index >= 15 is 0 Å². The average molecular weight is 283 g/mol. The second-order valence-electron chi connectivity index (χ2n) is 4.60. The predicted molar refractivity (Wildman–Crippen MR) is 84.6 cm³/mol. The summed E-state index contributed by atoms with van der Waals surface area (Å²) in [6.45, 7) is 5.25. The van der Waals surface area contributed by atoms with Crippen molar-refractivity contribution in [2.75, 3.05) is 6.54 Å². The molecule has 0 unspecified atom stereocenters. The Kier molecular flexibility index (Phi) is 5.38. The molecule has 1 aliphatic heterocycles. The summed E-state index contributed by atoms with van der Waals surface area (Å²) >= 11 is 0. The maximum Gasteiger partial charge on any atom is 0.251 e. The molecule has 0 radical (unpaired) electrons. The first-order valence-electron chi connectivity index (χ1n) is 7.41. The number of carbonyl (C=O) groups is 1. The molecule has 0 aliphatic carbocycles. The molecule has 1 N–H and O–H groups in total. The quantitative estimate of drug-likeness (QED) is 0.935. The zero-order valence-corrected chi connectivity index (χ0v) is 12.6. The Labute approximate surface area is 126 Å². The molecule has 0 saturated heterocycles. The lowest BCUT2D eigenvalue weighted by molar-refractivity contribution is 0.0946. The van der Waals surface area contributed by atoms with E-state index in [9.17, 15) is 4.79 Å². The highest BCUT2D eigenvalue weighted by molar-refractivity contribution is 5.96. The maximum absolute atomic E-state index is 11.6. The van der Waals surface area contributed by atoms with Crippen molar-refractivity contribution in [1.82, 2.24) is 5.32 Å². The van der Waals surface area contributed by atoms with Crippen LogP contribution >= 0.6 is 0 Å². The van der Waals surface area contributed by atoms with E-state index in [-0.39, 0.29) is 5.91 Å². The van der Waals surface area contributed by atoms with Crippen molar-refractivity contribution in [2.45, 2.75) is 26.9 Å². The zero-order chi connectivity index (χ0) is 15.1. The fourth-order valence-corrected chi connectivity index (χ4v) is 2.24. The van der Waals surface area contributed by atoms with Crippen LogP contribution in [0.1, 0.15) is 35.3 Å². The van der Waals surface area contributed by atoms with Gasteiger partial charge in [0.05, 0.1) is 0 Å². The van der Waals surface area contributed by atoms with Crippen LogP contribution in [0.15, 0.2) is 48.5 Å². The van der Waals surface area contributed by atoms with E-state index in [1.165, 1.54) is 0 Å². The molecule has 3 heteroatoms. The molecule has 2 aromatic carbocycles. The number of hydrogen-bond donors (Lipinski definition) is 1. The van der Waals surface area contributed by atoms with E-state index in [0.717, 1.165) is 28.9 Å². The van der Waals surface area contributed by atoms with E-state index in [0.29, 0.717) is 13.2 Å². The van der Waals surface area contributed by atoms with Crippen molar-refractivity contribution in [3.8, 4) is 5.75 Å². The van der Waals surface area contributed by atoms with Gasteiger partial charge in [0.1, 0.15) is 12.4 Å². The highest BCUT2D eigenvalue weighted by Crippen LogP contribution is 2.21. The Hall–Kier alpha value is -2.29. The molecule has 0 spiro atoms. The molecule has 3 rings (SSSR count). The van der Waals surface area contributed by atoms with E-state index in [2.05, 4.69) is 5.32 Å². The second kappa shape index (κ2) is 7.48. The Bertz CT molecular complexity index is 593. The Morgan fingerprint density at radius 3 is 2.62 bits per heavy atom. The molecule has 1 aliphatic rings. The zero-order valence-electron chi connectivity index (χ0n) is 12.6. The van der Waals surface area contributed by atoms with Crippen molar-refractivity contribution in [3.05, 3.63) is 65.2 Å². The highest BCUT2D eigenvalue weighted by atomic mass is 16.5. The Morgan fingerprint density at radius 1 is 1.10 bits per heavy atom. The summed E-state index contributed by atoms with van der Waals surface area (Å²) in [5.41, 5.74) is 2.96. The van der Waals surface area contributed by atoms with Gasteiger partial charge in [-0.2, -0.15) is 0 Å². The molecule has 3 nitrogen and oxygen atoms in total. The molecule has 0 atom stereocenters. The normalized spacial score (nSPS) is 12.6. The van der Waals surface area contributed by atoms with Crippen molar-refractivity contribution in [3.63, 3.8) is 0 Å². The summed E-state index contributed by atoms with van der Waals surface area (Å²) < 4.78 is 5.76. The van der Waals surface area contributed by atoms with Gasteiger partial charge in [-0.3, -0.25) is 4.79 Å². The van der Waals surface area contributed by atoms with Crippen LogP contribution in [-0.2, 0) is 13.0 Å². The minimum Gasteiger partial charge on any atom is -0.489 e. The molecule has 0 aromatic heterocycles. The van der Waals surface area contributed by atoms with Gasteiger partial charge < -0.3 is 10.1 Å². The smallest absolute Gasteiger partial charge is 0.251 e. The van der Waals surface area contributed by atoms with Gasteiger partial charge in [0.25, 0.3) is 5.91 Å². The molecular formula is C18H21NO2. The molecule has 21 heavy (non-hydrogen) atoms. The number of amides is 1. The van der Waals surface area contributed by atoms with E-state index < -0.39 is 0 Å². The van der Waals surface area contributed by atoms with E-state index in [4.69, 9.17) is 4.74 Å². The number of carbonyl (C=O) groups excluding carboxylic acids is 1. The van der Waals surface area contributed by atoms with Crippen LogP contribution in [0, 0.1) is 0 Å². The third kappa shape index (κ3) is 3.85. The van der Waals surface area contributed by atoms with Crippen LogP contribution in [0.4, 0.5) is 0 Å². The van der Waals surface area contributed by atoms with Crippen LogP contribution < -0.4 is 10.1 Å². The summed E-state index contributed by atoms with van der Waals surface area (Å²) in [7, 11) is 0. The van der Waals surface area contributed by atoms with Crippen LogP contribution in [0.3, 0.4) is 0 Å². The lowest BCUT2D eigenvalue weighted by Crippen LogP contribution is -2.31.